The van der Waals surface area contributed by atoms with Crippen LogP contribution in [0, 0.1) is 23.2 Å². The Balaban J connectivity index is 1.69. The van der Waals surface area contributed by atoms with E-state index in [1.807, 2.05) is 12.1 Å². The summed E-state index contributed by atoms with van der Waals surface area (Å²) in [5.41, 5.74) is 1.61. The number of nitrogens with one attached hydrogen (secondary N) is 1. The number of rotatable bonds is 1. The molecular formula is C20H22N2O2. The summed E-state index contributed by atoms with van der Waals surface area (Å²) in [6, 6.07) is 8.64. The van der Waals surface area contributed by atoms with Crippen molar-refractivity contribution in [2.24, 2.45) is 23.2 Å². The normalized spacial score (nSPS) is 50.4. The van der Waals surface area contributed by atoms with Gasteiger partial charge in [-0.3, -0.25) is 4.79 Å². The van der Waals surface area contributed by atoms with Gasteiger partial charge in [-0.25, -0.2) is 0 Å². The average molecular weight is 322 g/mol. The van der Waals surface area contributed by atoms with Crippen LogP contribution in [0.5, 0.6) is 0 Å². The molecule has 3 aliphatic heterocycles. The van der Waals surface area contributed by atoms with E-state index >= 15 is 0 Å². The summed E-state index contributed by atoms with van der Waals surface area (Å²) in [7, 11) is 2.21. The number of likely N-dealkylation sites (tertiary alicyclic amines) is 1. The van der Waals surface area contributed by atoms with Crippen molar-refractivity contribution in [3.63, 3.8) is 0 Å². The zero-order valence-corrected chi connectivity index (χ0v) is 13.9. The second kappa shape index (κ2) is 3.94. The largest absolute Gasteiger partial charge is 0.376 e. The molecule has 2 saturated carbocycles. The molecule has 7 atom stereocenters. The molecule has 124 valence electrons. The van der Waals surface area contributed by atoms with Gasteiger partial charge < -0.3 is 15.0 Å². The summed E-state index contributed by atoms with van der Waals surface area (Å²) in [5.74, 6) is 1.56. The molecule has 1 N–H and O–H groups in total. The van der Waals surface area contributed by atoms with Gasteiger partial charge in [0.25, 0.3) is 0 Å². The SMILES string of the molecule is C=C[C@]12CN(C)[C@@H]3C4CO[C@H](C[C@H]41)[C@]1(C(=O)Nc4ccccc41)[C@H]32. The van der Waals surface area contributed by atoms with Gasteiger partial charge in [0.05, 0.1) is 12.7 Å². The molecule has 4 fully saturated rings. The van der Waals surface area contributed by atoms with Crippen molar-refractivity contribution < 1.29 is 9.53 Å². The van der Waals surface area contributed by atoms with E-state index in [0.29, 0.717) is 17.9 Å². The zero-order valence-electron chi connectivity index (χ0n) is 13.9. The lowest BCUT2D eigenvalue weighted by atomic mass is 9.51. The predicted molar refractivity (Wildman–Crippen MR) is 90.6 cm³/mol. The standard InChI is InChI=1S/C20H22N2O2/c1-3-19-10-22(2)16-11-9-24-15(8-13(11)19)20(17(16)19)12-6-4-5-7-14(12)21-18(20)23/h3-7,11,13,15-17H,1,8-10H2,2H3,(H,21,23)/t11?,13-,15-,16-,17-,19+,20+/m1/s1. The van der Waals surface area contributed by atoms with Crippen molar-refractivity contribution >= 4 is 11.6 Å². The maximum absolute atomic E-state index is 13.4. The molecule has 6 rings (SSSR count). The van der Waals surface area contributed by atoms with Gasteiger partial charge in [0.15, 0.2) is 0 Å². The topological polar surface area (TPSA) is 41.6 Å². The van der Waals surface area contributed by atoms with Gasteiger partial charge >= 0.3 is 0 Å². The summed E-state index contributed by atoms with van der Waals surface area (Å²) < 4.78 is 6.34. The Labute approximate surface area is 141 Å². The Morgan fingerprint density at radius 3 is 3.08 bits per heavy atom. The summed E-state index contributed by atoms with van der Waals surface area (Å²) in [6.07, 6.45) is 3.17. The van der Waals surface area contributed by atoms with Crippen molar-refractivity contribution in [3.8, 4) is 0 Å². The number of piperidine rings is 1. The predicted octanol–water partition coefficient (Wildman–Crippen LogP) is 2.03. The molecule has 4 nitrogen and oxygen atoms in total. The number of amides is 1. The molecule has 0 aromatic heterocycles. The average Bonchev–Trinajstić information content (AvgIpc) is 3.08. The fourth-order valence-corrected chi connectivity index (χ4v) is 7.38. The van der Waals surface area contributed by atoms with Gasteiger partial charge in [-0.05, 0) is 31.0 Å². The van der Waals surface area contributed by atoms with Crippen molar-refractivity contribution in [1.82, 2.24) is 4.90 Å². The van der Waals surface area contributed by atoms with E-state index in [-0.39, 0.29) is 23.3 Å². The van der Waals surface area contributed by atoms with E-state index in [0.717, 1.165) is 30.8 Å². The molecule has 3 heterocycles. The van der Waals surface area contributed by atoms with E-state index < -0.39 is 5.41 Å². The van der Waals surface area contributed by atoms with Crippen molar-refractivity contribution in [2.75, 3.05) is 25.5 Å². The highest BCUT2D eigenvalue weighted by molar-refractivity contribution is 6.07. The molecule has 0 radical (unpaired) electrons. The number of para-hydroxylation sites is 1. The van der Waals surface area contributed by atoms with Gasteiger partial charge in [0.1, 0.15) is 5.41 Å². The van der Waals surface area contributed by atoms with E-state index in [9.17, 15) is 4.79 Å². The van der Waals surface area contributed by atoms with Crippen LogP contribution in [0.2, 0.25) is 0 Å². The van der Waals surface area contributed by atoms with E-state index in [1.165, 1.54) is 0 Å². The Morgan fingerprint density at radius 2 is 2.25 bits per heavy atom. The van der Waals surface area contributed by atoms with Crippen LogP contribution >= 0.6 is 0 Å². The lowest BCUT2D eigenvalue weighted by Crippen LogP contribution is -2.62. The van der Waals surface area contributed by atoms with Crippen LogP contribution in [-0.2, 0) is 14.9 Å². The number of carbonyl (C=O) groups excluding carboxylic acids is 1. The number of fused-ring (bicyclic) bond motifs is 5. The third kappa shape index (κ3) is 1.12. The van der Waals surface area contributed by atoms with E-state index in [1.54, 1.807) is 0 Å². The minimum Gasteiger partial charge on any atom is -0.376 e. The van der Waals surface area contributed by atoms with Crippen molar-refractivity contribution in [1.29, 1.82) is 0 Å². The van der Waals surface area contributed by atoms with Crippen molar-refractivity contribution in [3.05, 3.63) is 42.5 Å². The molecule has 1 aromatic carbocycles. The second-order valence-corrected chi connectivity index (χ2v) is 8.40. The first kappa shape index (κ1) is 13.6. The Bertz CT molecular complexity index is 792. The number of nitrogens with zero attached hydrogens (tertiary/aromatic N) is 1. The third-order valence-corrected chi connectivity index (χ3v) is 7.93. The third-order valence-electron chi connectivity index (χ3n) is 7.93. The monoisotopic (exact) mass is 322 g/mol. The van der Waals surface area contributed by atoms with Crippen LogP contribution in [0.1, 0.15) is 12.0 Å². The molecule has 24 heavy (non-hydrogen) atoms. The van der Waals surface area contributed by atoms with Gasteiger partial charge in [0, 0.05) is 35.5 Å². The first-order valence-electron chi connectivity index (χ1n) is 9.01. The summed E-state index contributed by atoms with van der Waals surface area (Å²) in [4.78, 5) is 15.9. The number of benzene rings is 1. The summed E-state index contributed by atoms with van der Waals surface area (Å²) >= 11 is 0. The Morgan fingerprint density at radius 1 is 1.42 bits per heavy atom. The number of ether oxygens (including phenoxy) is 1. The van der Waals surface area contributed by atoms with Gasteiger partial charge in [-0.2, -0.15) is 0 Å². The fourth-order valence-electron chi connectivity index (χ4n) is 7.38. The van der Waals surface area contributed by atoms with Crippen LogP contribution < -0.4 is 5.32 Å². The number of hydrogen-bond acceptors (Lipinski definition) is 3. The van der Waals surface area contributed by atoms with Gasteiger partial charge in [0.2, 0.25) is 5.91 Å². The van der Waals surface area contributed by atoms with Gasteiger partial charge in [-0.15, -0.1) is 6.58 Å². The molecule has 1 spiro atoms. The summed E-state index contributed by atoms with van der Waals surface area (Å²) in [6.45, 7) is 6.06. The maximum Gasteiger partial charge on any atom is 0.238 e. The molecule has 5 bridgehead atoms. The highest BCUT2D eigenvalue weighted by Crippen LogP contribution is 2.73. The zero-order chi connectivity index (χ0) is 16.3. The quantitative estimate of drug-likeness (QED) is 0.805. The minimum absolute atomic E-state index is 0.00280. The first-order valence-corrected chi connectivity index (χ1v) is 9.01. The molecular weight excluding hydrogens is 300 g/mol. The molecule has 4 heteroatoms. The molecule has 1 unspecified atom stereocenters. The maximum atomic E-state index is 13.4. The lowest BCUT2D eigenvalue weighted by Gasteiger charge is -2.54. The highest BCUT2D eigenvalue weighted by Gasteiger charge is 2.79. The molecule has 2 saturated heterocycles. The molecule has 1 aromatic rings. The van der Waals surface area contributed by atoms with Crippen LogP contribution in [-0.4, -0.2) is 43.2 Å². The molecule has 1 amide bonds. The van der Waals surface area contributed by atoms with Crippen LogP contribution in [0.4, 0.5) is 5.69 Å². The summed E-state index contributed by atoms with van der Waals surface area (Å²) in [5, 5.41) is 3.18. The van der Waals surface area contributed by atoms with Crippen LogP contribution in [0.15, 0.2) is 36.9 Å². The number of hydrogen-bond donors (Lipinski definition) is 1. The smallest absolute Gasteiger partial charge is 0.238 e. The highest BCUT2D eigenvalue weighted by atomic mass is 16.5. The number of anilines is 1. The molecule has 5 aliphatic rings. The van der Waals surface area contributed by atoms with Crippen molar-refractivity contribution in [2.45, 2.75) is 24.0 Å². The minimum atomic E-state index is -0.554. The molecule has 2 aliphatic carbocycles. The number of carbonyl (C=O) groups is 1. The Hall–Kier alpha value is -1.65. The first-order chi connectivity index (χ1) is 11.6. The second-order valence-electron chi connectivity index (χ2n) is 8.40. The fraction of sp³-hybridized carbons (Fsp3) is 0.550. The van der Waals surface area contributed by atoms with Crippen LogP contribution in [0.25, 0.3) is 0 Å². The lowest BCUT2D eigenvalue weighted by molar-refractivity contribution is -0.153. The van der Waals surface area contributed by atoms with E-state index in [2.05, 4.69) is 42.1 Å². The van der Waals surface area contributed by atoms with E-state index in [4.69, 9.17) is 4.74 Å². The Kier molecular flexibility index (Phi) is 2.24. The van der Waals surface area contributed by atoms with Gasteiger partial charge in [-0.1, -0.05) is 24.3 Å². The van der Waals surface area contributed by atoms with Crippen LogP contribution in [0.3, 0.4) is 0 Å².